The second kappa shape index (κ2) is 5.16. The van der Waals surface area contributed by atoms with Gasteiger partial charge in [0.2, 0.25) is 5.82 Å². The summed E-state index contributed by atoms with van der Waals surface area (Å²) >= 11 is 0. The predicted molar refractivity (Wildman–Crippen MR) is 91.9 cm³/mol. The zero-order valence-corrected chi connectivity index (χ0v) is 13.8. The van der Waals surface area contributed by atoms with E-state index in [9.17, 15) is 4.39 Å². The molecule has 1 aliphatic heterocycles. The molecule has 0 spiro atoms. The Kier molecular flexibility index (Phi) is 3.20. The lowest BCUT2D eigenvalue weighted by atomic mass is 9.86. The van der Waals surface area contributed by atoms with Crippen LogP contribution in [0.2, 0.25) is 0 Å². The second-order valence-corrected chi connectivity index (χ2v) is 6.85. The maximum atomic E-state index is 13.8. The van der Waals surface area contributed by atoms with Gasteiger partial charge in [0.15, 0.2) is 5.82 Å². The molecule has 0 saturated heterocycles. The van der Waals surface area contributed by atoms with E-state index in [1.165, 1.54) is 17.2 Å². The molecule has 3 aromatic rings. The average molecular weight is 320 g/mol. The molecule has 2 heterocycles. The second-order valence-electron chi connectivity index (χ2n) is 6.85. The molecule has 5 heteroatoms. The number of rotatable bonds is 1. The summed E-state index contributed by atoms with van der Waals surface area (Å²) < 4.78 is 13.8. The zero-order chi connectivity index (χ0) is 16.9. The van der Waals surface area contributed by atoms with Crippen molar-refractivity contribution >= 4 is 16.7 Å². The van der Waals surface area contributed by atoms with Gasteiger partial charge in [0.05, 0.1) is 11.1 Å². The third kappa shape index (κ3) is 2.46. The Hall–Kier alpha value is -2.69. The van der Waals surface area contributed by atoms with Crippen LogP contribution in [0.4, 0.5) is 4.39 Å². The highest BCUT2D eigenvalue weighted by molar-refractivity contribution is 6.12. The van der Waals surface area contributed by atoms with Gasteiger partial charge in [-0.15, -0.1) is 10.2 Å². The third-order valence-corrected chi connectivity index (χ3v) is 4.20. The molecule has 24 heavy (non-hydrogen) atoms. The van der Waals surface area contributed by atoms with Gasteiger partial charge in [-0.05, 0) is 44.9 Å². The predicted octanol–water partition coefficient (Wildman–Crippen LogP) is 3.64. The van der Waals surface area contributed by atoms with Crippen molar-refractivity contribution in [2.75, 3.05) is 0 Å². The van der Waals surface area contributed by atoms with Crippen molar-refractivity contribution in [1.82, 2.24) is 15.2 Å². The Morgan fingerprint density at radius 2 is 1.92 bits per heavy atom. The van der Waals surface area contributed by atoms with Gasteiger partial charge in [-0.2, -0.15) is 0 Å². The Bertz CT molecular complexity index is 992. The number of nitrogens with zero attached hydrogens (tertiary/aromatic N) is 4. The number of aromatic nitrogens is 3. The van der Waals surface area contributed by atoms with Crippen molar-refractivity contribution in [2.45, 2.75) is 32.7 Å². The first kappa shape index (κ1) is 14.9. The van der Waals surface area contributed by atoms with E-state index in [1.807, 2.05) is 0 Å². The minimum atomic E-state index is -0.416. The van der Waals surface area contributed by atoms with Crippen molar-refractivity contribution in [2.24, 2.45) is 4.99 Å². The van der Waals surface area contributed by atoms with Crippen molar-refractivity contribution in [3.63, 3.8) is 0 Å². The van der Waals surface area contributed by atoms with E-state index in [4.69, 9.17) is 4.99 Å². The highest BCUT2D eigenvalue weighted by atomic mass is 19.1. The lowest BCUT2D eigenvalue weighted by Crippen LogP contribution is -2.30. The lowest BCUT2D eigenvalue weighted by Gasteiger charge is -2.28. The van der Waals surface area contributed by atoms with Crippen LogP contribution in [0.5, 0.6) is 0 Å². The fourth-order valence-electron chi connectivity index (χ4n) is 3.17. The SMILES string of the molecule is Cc1ccc2c(c1)CC(C)(C)N=C2c1nnc2c(F)cccc2n1. The number of halogens is 1. The smallest absolute Gasteiger partial charge is 0.201 e. The molecule has 0 unspecified atom stereocenters. The Balaban J connectivity index is 1.93. The van der Waals surface area contributed by atoms with Crippen LogP contribution < -0.4 is 0 Å². The lowest BCUT2D eigenvalue weighted by molar-refractivity contribution is 0.512. The molecular weight excluding hydrogens is 303 g/mol. The van der Waals surface area contributed by atoms with E-state index in [-0.39, 0.29) is 11.1 Å². The van der Waals surface area contributed by atoms with Gasteiger partial charge in [0, 0.05) is 5.56 Å². The number of benzene rings is 2. The zero-order valence-electron chi connectivity index (χ0n) is 13.8. The molecule has 1 aliphatic rings. The van der Waals surface area contributed by atoms with Crippen molar-refractivity contribution < 1.29 is 4.39 Å². The van der Waals surface area contributed by atoms with E-state index < -0.39 is 5.82 Å². The highest BCUT2D eigenvalue weighted by Crippen LogP contribution is 2.29. The molecule has 4 rings (SSSR count). The van der Waals surface area contributed by atoms with Crippen LogP contribution in [0.15, 0.2) is 41.4 Å². The first-order valence-corrected chi connectivity index (χ1v) is 7.92. The minimum Gasteiger partial charge on any atom is -0.274 e. The highest BCUT2D eigenvalue weighted by Gasteiger charge is 2.29. The molecule has 0 saturated carbocycles. The monoisotopic (exact) mass is 320 g/mol. The van der Waals surface area contributed by atoms with Crippen LogP contribution in [0.3, 0.4) is 0 Å². The van der Waals surface area contributed by atoms with Gasteiger partial charge in [0.25, 0.3) is 0 Å². The van der Waals surface area contributed by atoms with Gasteiger partial charge in [-0.1, -0.05) is 29.8 Å². The molecular formula is C19H17FN4. The van der Waals surface area contributed by atoms with E-state index in [2.05, 4.69) is 54.2 Å². The Morgan fingerprint density at radius 1 is 1.08 bits per heavy atom. The molecule has 120 valence electrons. The fraction of sp³-hybridized carbons (Fsp3) is 0.263. The average Bonchev–Trinajstić information content (AvgIpc) is 2.52. The maximum absolute atomic E-state index is 13.8. The van der Waals surface area contributed by atoms with Gasteiger partial charge in [-0.3, -0.25) is 4.99 Å². The van der Waals surface area contributed by atoms with Crippen molar-refractivity contribution in [1.29, 1.82) is 0 Å². The van der Waals surface area contributed by atoms with Crippen LogP contribution in [0.25, 0.3) is 11.0 Å². The third-order valence-electron chi connectivity index (χ3n) is 4.20. The molecule has 0 radical (unpaired) electrons. The molecule has 0 atom stereocenters. The summed E-state index contributed by atoms with van der Waals surface area (Å²) in [7, 11) is 0. The van der Waals surface area contributed by atoms with Crippen LogP contribution >= 0.6 is 0 Å². The Morgan fingerprint density at radius 3 is 2.75 bits per heavy atom. The molecule has 0 bridgehead atoms. The molecule has 0 aliphatic carbocycles. The van der Waals surface area contributed by atoms with Gasteiger partial charge in [0.1, 0.15) is 11.2 Å². The van der Waals surface area contributed by atoms with E-state index in [0.29, 0.717) is 11.3 Å². The number of hydrogen-bond acceptors (Lipinski definition) is 4. The summed E-state index contributed by atoms with van der Waals surface area (Å²) in [6.07, 6.45) is 0.864. The Labute approximate surface area is 139 Å². The maximum Gasteiger partial charge on any atom is 0.201 e. The molecule has 0 fully saturated rings. The molecule has 0 amide bonds. The van der Waals surface area contributed by atoms with Crippen LogP contribution in [0, 0.1) is 12.7 Å². The quantitative estimate of drug-likeness (QED) is 0.688. The van der Waals surface area contributed by atoms with E-state index in [0.717, 1.165) is 17.7 Å². The summed E-state index contributed by atoms with van der Waals surface area (Å²) in [4.78, 5) is 9.34. The molecule has 4 nitrogen and oxygen atoms in total. The van der Waals surface area contributed by atoms with E-state index in [1.54, 1.807) is 12.1 Å². The first-order valence-electron chi connectivity index (χ1n) is 7.92. The van der Waals surface area contributed by atoms with Gasteiger partial charge < -0.3 is 0 Å². The van der Waals surface area contributed by atoms with Crippen molar-refractivity contribution in [3.05, 3.63) is 64.7 Å². The van der Waals surface area contributed by atoms with Crippen molar-refractivity contribution in [3.8, 4) is 0 Å². The number of aliphatic imine (C=N–C) groups is 1. The summed E-state index contributed by atoms with van der Waals surface area (Å²) in [5.41, 5.74) is 4.62. The minimum absolute atomic E-state index is 0.182. The van der Waals surface area contributed by atoms with Crippen LogP contribution in [-0.2, 0) is 6.42 Å². The summed E-state index contributed by atoms with van der Waals surface area (Å²) in [5, 5.41) is 8.17. The van der Waals surface area contributed by atoms with Gasteiger partial charge in [-0.25, -0.2) is 9.37 Å². The summed E-state index contributed by atoms with van der Waals surface area (Å²) in [6.45, 7) is 6.26. The molecule has 2 aromatic carbocycles. The fourth-order valence-corrected chi connectivity index (χ4v) is 3.17. The number of aryl methyl sites for hydroxylation is 1. The molecule has 0 N–H and O–H groups in total. The number of hydrogen-bond donors (Lipinski definition) is 0. The topological polar surface area (TPSA) is 51.0 Å². The van der Waals surface area contributed by atoms with Crippen LogP contribution in [0.1, 0.15) is 36.4 Å². The summed E-state index contributed by atoms with van der Waals surface area (Å²) in [5.74, 6) is 0.0203. The van der Waals surface area contributed by atoms with Crippen LogP contribution in [-0.4, -0.2) is 26.4 Å². The largest absolute Gasteiger partial charge is 0.274 e. The first-order chi connectivity index (χ1) is 11.4. The number of fused-ring (bicyclic) bond motifs is 2. The normalized spacial score (nSPS) is 15.9. The molecule has 1 aromatic heterocycles. The van der Waals surface area contributed by atoms with Gasteiger partial charge >= 0.3 is 0 Å². The van der Waals surface area contributed by atoms with E-state index >= 15 is 0 Å². The standard InChI is InChI=1S/C19H17FN4/c1-11-7-8-13-12(9-11)10-19(2,3)22-16(13)18-21-15-6-4-5-14(20)17(15)23-24-18/h4-9H,10H2,1-3H3. The summed E-state index contributed by atoms with van der Waals surface area (Å²) in [6, 6.07) is 11.0.